The van der Waals surface area contributed by atoms with E-state index in [0.29, 0.717) is 10.9 Å². The zero-order chi connectivity index (χ0) is 17.3. The molecule has 3 aromatic rings. The molecule has 0 heterocycles. The highest BCUT2D eigenvalue weighted by Crippen LogP contribution is 2.28. The van der Waals surface area contributed by atoms with Crippen molar-refractivity contribution in [1.29, 1.82) is 0 Å². The van der Waals surface area contributed by atoms with Gasteiger partial charge in [-0.2, -0.15) is 8.42 Å². The summed E-state index contributed by atoms with van der Waals surface area (Å²) in [5.41, 5.74) is 0.501. The maximum absolute atomic E-state index is 12.6. The van der Waals surface area contributed by atoms with Crippen LogP contribution in [0.25, 0.3) is 10.8 Å². The average molecular weight is 342 g/mol. The molecule has 3 aromatic carbocycles. The molecule has 6 heteroatoms. The van der Waals surface area contributed by atoms with Gasteiger partial charge in [0.1, 0.15) is 10.6 Å². The minimum atomic E-state index is -4.04. The Morgan fingerprint density at radius 1 is 1.00 bits per heavy atom. The molecule has 5 nitrogen and oxygen atoms in total. The lowest BCUT2D eigenvalue weighted by molar-refractivity contribution is 0.0697. The van der Waals surface area contributed by atoms with Gasteiger partial charge in [0.2, 0.25) is 0 Å². The molecule has 0 bridgehead atoms. The molecular weight excluding hydrogens is 328 g/mol. The second-order valence-corrected chi connectivity index (χ2v) is 6.81. The Labute approximate surface area is 139 Å². The molecule has 1 N–H and O–H groups in total. The number of rotatable bonds is 4. The highest BCUT2D eigenvalue weighted by atomic mass is 32.2. The Kier molecular flexibility index (Phi) is 3.99. The lowest BCUT2D eigenvalue weighted by atomic mass is 10.1. The molecule has 3 rings (SSSR count). The van der Waals surface area contributed by atoms with Crippen molar-refractivity contribution in [2.75, 3.05) is 0 Å². The number of carbonyl (C=O) groups is 1. The summed E-state index contributed by atoms with van der Waals surface area (Å²) in [5, 5.41) is 10.3. The maximum Gasteiger partial charge on any atom is 0.339 e. The topological polar surface area (TPSA) is 80.7 Å². The van der Waals surface area contributed by atoms with Gasteiger partial charge in [0.15, 0.2) is 0 Å². The van der Waals surface area contributed by atoms with Gasteiger partial charge in [0, 0.05) is 5.39 Å². The lowest BCUT2D eigenvalue weighted by Gasteiger charge is -2.11. The number of aromatic carboxylic acids is 1. The number of carboxylic acids is 1. The summed E-state index contributed by atoms with van der Waals surface area (Å²) in [5.74, 6) is -0.977. The van der Waals surface area contributed by atoms with E-state index < -0.39 is 16.1 Å². The van der Waals surface area contributed by atoms with Gasteiger partial charge in [-0.3, -0.25) is 0 Å². The van der Waals surface area contributed by atoms with Gasteiger partial charge in [-0.25, -0.2) is 4.79 Å². The number of carboxylic acid groups (broad SMARTS) is 1. The van der Waals surface area contributed by atoms with Gasteiger partial charge in [-0.1, -0.05) is 36.4 Å². The Balaban J connectivity index is 2.04. The Morgan fingerprint density at radius 2 is 1.71 bits per heavy atom. The zero-order valence-electron chi connectivity index (χ0n) is 12.8. The first-order chi connectivity index (χ1) is 11.4. The fourth-order valence-corrected chi connectivity index (χ4v) is 3.67. The van der Waals surface area contributed by atoms with Crippen molar-refractivity contribution in [3.8, 4) is 5.75 Å². The van der Waals surface area contributed by atoms with E-state index in [0.717, 1.165) is 5.39 Å². The van der Waals surface area contributed by atoms with Gasteiger partial charge < -0.3 is 9.29 Å². The van der Waals surface area contributed by atoms with Gasteiger partial charge >= 0.3 is 16.1 Å². The van der Waals surface area contributed by atoms with Gasteiger partial charge in [-0.15, -0.1) is 0 Å². The van der Waals surface area contributed by atoms with Crippen molar-refractivity contribution >= 4 is 26.9 Å². The smallest absolute Gasteiger partial charge is 0.339 e. The first-order valence-electron chi connectivity index (χ1n) is 7.15. The van der Waals surface area contributed by atoms with Crippen LogP contribution < -0.4 is 4.18 Å². The molecule has 0 saturated heterocycles. The van der Waals surface area contributed by atoms with Crippen molar-refractivity contribution < 1.29 is 22.5 Å². The molecule has 0 spiro atoms. The molecule has 0 unspecified atom stereocenters. The summed E-state index contributed by atoms with van der Waals surface area (Å²) in [6.45, 7) is 1.60. The highest BCUT2D eigenvalue weighted by Gasteiger charge is 2.21. The Bertz CT molecular complexity index is 1030. The third-order valence-corrected chi connectivity index (χ3v) is 4.93. The molecule has 0 radical (unpaired) electrons. The minimum absolute atomic E-state index is 0.0716. The van der Waals surface area contributed by atoms with Gasteiger partial charge in [0.05, 0.1) is 5.56 Å². The SMILES string of the molecule is Cc1cc(C(=O)O)ccc1OS(=O)(=O)c1cccc2ccccc12. The number of benzene rings is 3. The van der Waals surface area contributed by atoms with Crippen LogP contribution in [0.15, 0.2) is 65.6 Å². The predicted molar refractivity (Wildman–Crippen MR) is 89.9 cm³/mol. The summed E-state index contributed by atoms with van der Waals surface area (Å²) in [6.07, 6.45) is 0. The number of aryl methyl sites for hydroxylation is 1. The fourth-order valence-electron chi connectivity index (χ4n) is 2.45. The molecule has 0 aliphatic heterocycles. The second kappa shape index (κ2) is 5.98. The Morgan fingerprint density at radius 3 is 2.42 bits per heavy atom. The van der Waals surface area contributed by atoms with Crippen LogP contribution in [-0.2, 0) is 10.1 Å². The largest absolute Gasteiger partial charge is 0.478 e. The number of hydrogen-bond donors (Lipinski definition) is 1. The molecule has 0 aliphatic rings. The van der Waals surface area contributed by atoms with Crippen LogP contribution in [0.4, 0.5) is 0 Å². The van der Waals surface area contributed by atoms with Crippen LogP contribution in [0, 0.1) is 6.92 Å². The van der Waals surface area contributed by atoms with Crippen LogP contribution in [0.1, 0.15) is 15.9 Å². The van der Waals surface area contributed by atoms with Crippen molar-refractivity contribution in [1.82, 2.24) is 0 Å². The molecule has 0 fully saturated rings. The monoisotopic (exact) mass is 342 g/mol. The van der Waals surface area contributed by atoms with E-state index in [1.165, 1.54) is 24.3 Å². The molecule has 0 saturated carbocycles. The van der Waals surface area contributed by atoms with E-state index in [1.54, 1.807) is 25.1 Å². The summed E-state index contributed by atoms with van der Waals surface area (Å²) < 4.78 is 30.5. The van der Waals surface area contributed by atoms with E-state index in [2.05, 4.69) is 0 Å². The predicted octanol–water partition coefficient (Wildman–Crippen LogP) is 3.61. The van der Waals surface area contributed by atoms with E-state index in [1.807, 2.05) is 18.2 Å². The van der Waals surface area contributed by atoms with Crippen LogP contribution in [-0.4, -0.2) is 19.5 Å². The maximum atomic E-state index is 12.6. The standard InChI is InChI=1S/C18H14O5S/c1-12-11-14(18(19)20)9-10-16(12)23-24(21,22)17-8-4-6-13-5-2-3-7-15(13)17/h2-11H,1H3,(H,19,20). The summed E-state index contributed by atoms with van der Waals surface area (Å²) >= 11 is 0. The first-order valence-corrected chi connectivity index (χ1v) is 8.55. The quantitative estimate of drug-likeness (QED) is 0.733. The third kappa shape index (κ3) is 2.96. The molecular formula is C18H14O5S. The van der Waals surface area contributed by atoms with E-state index in [9.17, 15) is 13.2 Å². The summed E-state index contributed by atoms with van der Waals surface area (Å²) in [6, 6.07) is 16.1. The molecule has 122 valence electrons. The summed E-state index contributed by atoms with van der Waals surface area (Å²) in [4.78, 5) is 11.0. The van der Waals surface area contributed by atoms with Crippen LogP contribution in [0.3, 0.4) is 0 Å². The van der Waals surface area contributed by atoms with Gasteiger partial charge in [0.25, 0.3) is 0 Å². The summed E-state index contributed by atoms with van der Waals surface area (Å²) in [7, 11) is -4.04. The fraction of sp³-hybridized carbons (Fsp3) is 0.0556. The van der Waals surface area contributed by atoms with Crippen LogP contribution in [0.2, 0.25) is 0 Å². The van der Waals surface area contributed by atoms with Crippen molar-refractivity contribution in [2.24, 2.45) is 0 Å². The molecule has 0 amide bonds. The number of hydrogen-bond acceptors (Lipinski definition) is 4. The van der Waals surface area contributed by atoms with E-state index in [-0.39, 0.29) is 16.2 Å². The van der Waals surface area contributed by atoms with Crippen molar-refractivity contribution in [3.05, 3.63) is 71.8 Å². The van der Waals surface area contributed by atoms with Crippen molar-refractivity contribution in [2.45, 2.75) is 11.8 Å². The molecule has 0 aliphatic carbocycles. The lowest BCUT2D eigenvalue weighted by Crippen LogP contribution is -2.11. The molecule has 0 atom stereocenters. The van der Waals surface area contributed by atoms with Crippen LogP contribution >= 0.6 is 0 Å². The van der Waals surface area contributed by atoms with E-state index in [4.69, 9.17) is 9.29 Å². The van der Waals surface area contributed by atoms with Gasteiger partial charge in [-0.05, 0) is 42.1 Å². The second-order valence-electron chi connectivity index (χ2n) is 5.30. The van der Waals surface area contributed by atoms with Crippen LogP contribution in [0.5, 0.6) is 5.75 Å². The van der Waals surface area contributed by atoms with Crippen molar-refractivity contribution in [3.63, 3.8) is 0 Å². The number of fused-ring (bicyclic) bond motifs is 1. The Hall–Kier alpha value is -2.86. The average Bonchev–Trinajstić information content (AvgIpc) is 2.56. The molecule has 0 aromatic heterocycles. The highest BCUT2D eigenvalue weighted by molar-refractivity contribution is 7.87. The molecule has 24 heavy (non-hydrogen) atoms. The van der Waals surface area contributed by atoms with E-state index >= 15 is 0 Å². The normalized spacial score (nSPS) is 11.4. The first kappa shape index (κ1) is 16.0. The third-order valence-electron chi connectivity index (χ3n) is 3.64. The zero-order valence-corrected chi connectivity index (χ0v) is 13.6. The minimum Gasteiger partial charge on any atom is -0.478 e.